The van der Waals surface area contributed by atoms with Crippen LogP contribution in [0.25, 0.3) is 0 Å². The average Bonchev–Trinajstić information content (AvgIpc) is 2.36. The first-order valence-corrected chi connectivity index (χ1v) is 7.26. The van der Waals surface area contributed by atoms with Gasteiger partial charge in [-0.3, -0.25) is 0 Å². The Morgan fingerprint density at radius 1 is 1.35 bits per heavy atom. The third kappa shape index (κ3) is 3.55. The summed E-state index contributed by atoms with van der Waals surface area (Å²) in [6.45, 7) is 4.72. The minimum absolute atomic E-state index is 0.146. The van der Waals surface area contributed by atoms with Crippen molar-refractivity contribution in [2.45, 2.75) is 51.7 Å². The second kappa shape index (κ2) is 6.19. The molecule has 0 aliphatic heterocycles. The molecule has 0 bridgehead atoms. The molecule has 112 valence electrons. The van der Waals surface area contributed by atoms with Crippen molar-refractivity contribution in [1.29, 1.82) is 0 Å². The van der Waals surface area contributed by atoms with Crippen LogP contribution in [0.3, 0.4) is 0 Å². The summed E-state index contributed by atoms with van der Waals surface area (Å²) in [5.74, 6) is -1.32. The Labute approximate surface area is 119 Å². The third-order valence-corrected chi connectivity index (χ3v) is 4.39. The summed E-state index contributed by atoms with van der Waals surface area (Å²) < 4.78 is 26.4. The molecule has 2 N–H and O–H groups in total. The molecule has 2 nitrogen and oxygen atoms in total. The minimum atomic E-state index is -0.951. The van der Waals surface area contributed by atoms with E-state index < -0.39 is 17.7 Å². The van der Waals surface area contributed by atoms with Gasteiger partial charge in [0.15, 0.2) is 0 Å². The zero-order valence-electron chi connectivity index (χ0n) is 12.1. The molecule has 2 unspecified atom stereocenters. The van der Waals surface area contributed by atoms with Crippen LogP contribution in [0.2, 0.25) is 0 Å². The molecule has 20 heavy (non-hydrogen) atoms. The van der Waals surface area contributed by atoms with E-state index in [1.807, 2.05) is 0 Å². The smallest absolute Gasteiger partial charge is 0.131 e. The van der Waals surface area contributed by atoms with Gasteiger partial charge in [-0.15, -0.1) is 0 Å². The van der Waals surface area contributed by atoms with Crippen LogP contribution in [0.1, 0.15) is 51.2 Å². The molecule has 1 aromatic carbocycles. The van der Waals surface area contributed by atoms with Crippen molar-refractivity contribution in [3.8, 4) is 0 Å². The molecule has 0 heterocycles. The van der Waals surface area contributed by atoms with Crippen LogP contribution < -0.4 is 5.32 Å². The Kier molecular flexibility index (Phi) is 4.76. The van der Waals surface area contributed by atoms with Crippen LogP contribution in [0.5, 0.6) is 0 Å². The van der Waals surface area contributed by atoms with E-state index in [0.29, 0.717) is 6.04 Å². The molecule has 1 aliphatic rings. The van der Waals surface area contributed by atoms with Gasteiger partial charge in [0.1, 0.15) is 11.6 Å². The molecule has 0 amide bonds. The molecular formula is C16H23F2NO. The number of hydrogen-bond acceptors (Lipinski definition) is 2. The summed E-state index contributed by atoms with van der Waals surface area (Å²) in [4.78, 5) is 0. The lowest BCUT2D eigenvalue weighted by atomic mass is 9.73. The van der Waals surface area contributed by atoms with Gasteiger partial charge in [0, 0.05) is 24.2 Å². The van der Waals surface area contributed by atoms with Crippen LogP contribution >= 0.6 is 0 Å². The molecule has 2 atom stereocenters. The topological polar surface area (TPSA) is 32.3 Å². The van der Waals surface area contributed by atoms with E-state index in [4.69, 9.17) is 0 Å². The molecule has 1 aromatic rings. The van der Waals surface area contributed by atoms with E-state index in [1.165, 1.54) is 25.0 Å². The summed E-state index contributed by atoms with van der Waals surface area (Å²) in [7, 11) is 0. The first kappa shape index (κ1) is 15.4. The minimum Gasteiger partial charge on any atom is -0.387 e. The lowest BCUT2D eigenvalue weighted by Gasteiger charge is -2.39. The molecule has 1 saturated carbocycles. The highest BCUT2D eigenvalue weighted by Gasteiger charge is 2.32. The van der Waals surface area contributed by atoms with Gasteiger partial charge in [-0.2, -0.15) is 0 Å². The van der Waals surface area contributed by atoms with E-state index in [0.717, 1.165) is 18.9 Å². The van der Waals surface area contributed by atoms with Crippen molar-refractivity contribution in [1.82, 2.24) is 5.32 Å². The SMILES string of the molecule is CC1(C)CCCCC1NCC(O)c1ccc(F)cc1F. The fourth-order valence-electron chi connectivity index (χ4n) is 3.01. The number of benzene rings is 1. The fraction of sp³-hybridized carbons (Fsp3) is 0.625. The zero-order chi connectivity index (χ0) is 14.8. The monoisotopic (exact) mass is 283 g/mol. The van der Waals surface area contributed by atoms with Gasteiger partial charge in [-0.05, 0) is 24.3 Å². The van der Waals surface area contributed by atoms with E-state index in [1.54, 1.807) is 0 Å². The maximum absolute atomic E-state index is 13.6. The number of nitrogens with one attached hydrogen (secondary N) is 1. The van der Waals surface area contributed by atoms with Crippen LogP contribution in [0.15, 0.2) is 18.2 Å². The normalized spacial score (nSPS) is 23.6. The molecule has 4 heteroatoms. The van der Waals surface area contributed by atoms with Gasteiger partial charge in [0.2, 0.25) is 0 Å². The Hall–Kier alpha value is -1.00. The first-order valence-electron chi connectivity index (χ1n) is 7.26. The fourth-order valence-corrected chi connectivity index (χ4v) is 3.01. The Balaban J connectivity index is 1.96. The average molecular weight is 283 g/mol. The Morgan fingerprint density at radius 3 is 2.75 bits per heavy atom. The molecule has 0 spiro atoms. The summed E-state index contributed by atoms with van der Waals surface area (Å²) in [5.41, 5.74) is 0.340. The molecular weight excluding hydrogens is 260 g/mol. The predicted molar refractivity (Wildman–Crippen MR) is 75.4 cm³/mol. The maximum Gasteiger partial charge on any atom is 0.131 e. The van der Waals surface area contributed by atoms with E-state index >= 15 is 0 Å². The second-order valence-electron chi connectivity index (χ2n) is 6.38. The van der Waals surface area contributed by atoms with Crippen molar-refractivity contribution >= 4 is 0 Å². The van der Waals surface area contributed by atoms with Crippen molar-refractivity contribution in [3.63, 3.8) is 0 Å². The van der Waals surface area contributed by atoms with Gasteiger partial charge in [-0.1, -0.05) is 32.8 Å². The molecule has 0 aromatic heterocycles. The van der Waals surface area contributed by atoms with Crippen LogP contribution in [-0.2, 0) is 0 Å². The zero-order valence-corrected chi connectivity index (χ0v) is 12.1. The molecule has 1 fully saturated rings. The second-order valence-corrected chi connectivity index (χ2v) is 6.38. The van der Waals surface area contributed by atoms with Gasteiger partial charge in [0.25, 0.3) is 0 Å². The van der Waals surface area contributed by atoms with Gasteiger partial charge in [0.05, 0.1) is 6.10 Å². The van der Waals surface area contributed by atoms with Gasteiger partial charge in [-0.25, -0.2) is 8.78 Å². The largest absolute Gasteiger partial charge is 0.387 e. The van der Waals surface area contributed by atoms with Gasteiger partial charge >= 0.3 is 0 Å². The summed E-state index contributed by atoms with van der Waals surface area (Å²) in [6.07, 6.45) is 3.70. The first-order chi connectivity index (χ1) is 9.40. The number of rotatable bonds is 4. The molecule has 1 aliphatic carbocycles. The summed E-state index contributed by atoms with van der Waals surface area (Å²) in [6, 6.07) is 3.62. The number of aliphatic hydroxyl groups excluding tert-OH is 1. The lowest BCUT2D eigenvalue weighted by molar-refractivity contribution is 0.125. The predicted octanol–water partition coefficient (Wildman–Crippen LogP) is 3.56. The van der Waals surface area contributed by atoms with Crippen molar-refractivity contribution in [2.75, 3.05) is 6.54 Å². The van der Waals surface area contributed by atoms with Crippen LogP contribution in [0.4, 0.5) is 8.78 Å². The molecule has 0 radical (unpaired) electrons. The maximum atomic E-state index is 13.6. The van der Waals surface area contributed by atoms with Crippen LogP contribution in [-0.4, -0.2) is 17.7 Å². The van der Waals surface area contributed by atoms with Crippen molar-refractivity contribution in [2.24, 2.45) is 5.41 Å². The highest BCUT2D eigenvalue weighted by Crippen LogP contribution is 2.35. The molecule has 2 rings (SSSR count). The van der Waals surface area contributed by atoms with E-state index in [9.17, 15) is 13.9 Å². The van der Waals surface area contributed by atoms with Crippen molar-refractivity contribution < 1.29 is 13.9 Å². The number of halogens is 2. The highest BCUT2D eigenvalue weighted by molar-refractivity contribution is 5.21. The van der Waals surface area contributed by atoms with E-state index in [-0.39, 0.29) is 17.5 Å². The quantitative estimate of drug-likeness (QED) is 0.885. The Bertz CT molecular complexity index is 462. The van der Waals surface area contributed by atoms with Gasteiger partial charge < -0.3 is 10.4 Å². The lowest BCUT2D eigenvalue weighted by Crippen LogP contribution is -2.45. The van der Waals surface area contributed by atoms with Crippen LogP contribution in [0, 0.1) is 17.0 Å². The standard InChI is InChI=1S/C16H23F2NO/c1-16(2)8-4-3-5-15(16)19-10-14(20)12-7-6-11(17)9-13(12)18/h6-7,9,14-15,19-20H,3-5,8,10H2,1-2H3. The van der Waals surface area contributed by atoms with E-state index in [2.05, 4.69) is 19.2 Å². The van der Waals surface area contributed by atoms with Crippen molar-refractivity contribution in [3.05, 3.63) is 35.4 Å². The molecule has 0 saturated heterocycles. The summed E-state index contributed by atoms with van der Waals surface area (Å²) in [5, 5.41) is 13.4. The number of aliphatic hydroxyl groups is 1. The Morgan fingerprint density at radius 2 is 2.10 bits per heavy atom. The third-order valence-electron chi connectivity index (χ3n) is 4.39. The highest BCUT2D eigenvalue weighted by atomic mass is 19.1. The summed E-state index contributed by atoms with van der Waals surface area (Å²) >= 11 is 0. The number of hydrogen-bond donors (Lipinski definition) is 2.